The fourth-order valence-electron chi connectivity index (χ4n) is 2.02. The van der Waals surface area contributed by atoms with Crippen LogP contribution in [-0.2, 0) is 21.6 Å². The molecule has 0 fully saturated rings. The molecular weight excluding hydrogens is 205 g/mol. The van der Waals surface area contributed by atoms with Gasteiger partial charge in [-0.05, 0) is 30.4 Å². The average molecular weight is 219 g/mol. The monoisotopic (exact) mass is 219 g/mol. The second kappa shape index (κ2) is 3.92. The highest BCUT2D eigenvalue weighted by molar-refractivity contribution is 6.61. The van der Waals surface area contributed by atoms with Gasteiger partial charge in [0.05, 0.1) is 5.60 Å². The summed E-state index contributed by atoms with van der Waals surface area (Å²) in [5, 5.41) is 12.3. The van der Waals surface area contributed by atoms with E-state index in [4.69, 9.17) is 4.65 Å². The molecule has 1 aliphatic rings. The van der Waals surface area contributed by atoms with Crippen LogP contribution in [-0.4, -0.2) is 18.6 Å². The highest BCUT2D eigenvalue weighted by Crippen LogP contribution is 2.30. The summed E-state index contributed by atoms with van der Waals surface area (Å²) in [5.74, 6) is 0. The Morgan fingerprint density at radius 2 is 2.31 bits per heavy atom. The van der Waals surface area contributed by atoms with E-state index in [0.717, 1.165) is 16.6 Å². The molecule has 0 aliphatic carbocycles. The molecule has 0 unspecified atom stereocenters. The maximum atomic E-state index is 10.2. The molecule has 84 valence electrons. The van der Waals surface area contributed by atoms with Crippen molar-refractivity contribution in [2.75, 3.05) is 0 Å². The third-order valence-electron chi connectivity index (χ3n) is 2.83. The summed E-state index contributed by atoms with van der Waals surface area (Å²) in [4.78, 5) is 10.2. The van der Waals surface area contributed by atoms with Crippen molar-refractivity contribution < 1.29 is 14.5 Å². The number of amides is 1. The molecule has 4 nitrogen and oxygen atoms in total. The van der Waals surface area contributed by atoms with Gasteiger partial charge in [0.2, 0.25) is 6.41 Å². The van der Waals surface area contributed by atoms with Crippen LogP contribution in [0.2, 0.25) is 0 Å². The first-order chi connectivity index (χ1) is 7.54. The molecule has 0 radical (unpaired) electrons. The molecule has 0 saturated heterocycles. The Balaban J connectivity index is 2.34. The first kappa shape index (κ1) is 11.2. The van der Waals surface area contributed by atoms with E-state index in [0.29, 0.717) is 13.0 Å². The Labute approximate surface area is 94.8 Å². The van der Waals surface area contributed by atoms with Gasteiger partial charge in [-0.25, -0.2) is 0 Å². The van der Waals surface area contributed by atoms with Crippen molar-refractivity contribution in [1.29, 1.82) is 0 Å². The standard InChI is InChI=1S/C11H14BNO3/c1-11(2)9-5-8(6-13-7-14)3-4-10(9)12(15)16-11/h3-5,7,15H,6H2,1-2H3,(H,13,14). The van der Waals surface area contributed by atoms with E-state index in [1.165, 1.54) is 0 Å². The van der Waals surface area contributed by atoms with E-state index in [1.807, 2.05) is 32.0 Å². The van der Waals surface area contributed by atoms with Gasteiger partial charge in [0.25, 0.3) is 0 Å². The first-order valence-corrected chi connectivity index (χ1v) is 5.21. The summed E-state index contributed by atoms with van der Waals surface area (Å²) >= 11 is 0. The van der Waals surface area contributed by atoms with Crippen LogP contribution >= 0.6 is 0 Å². The summed E-state index contributed by atoms with van der Waals surface area (Å²) in [5.41, 5.74) is 2.30. The number of hydrogen-bond donors (Lipinski definition) is 2. The van der Waals surface area contributed by atoms with Crippen LogP contribution in [0, 0.1) is 0 Å². The Bertz CT molecular complexity index is 420. The summed E-state index contributed by atoms with van der Waals surface area (Å²) < 4.78 is 5.44. The van der Waals surface area contributed by atoms with Gasteiger partial charge < -0.3 is 15.0 Å². The average Bonchev–Trinajstić information content (AvgIpc) is 2.47. The number of benzene rings is 1. The van der Waals surface area contributed by atoms with E-state index >= 15 is 0 Å². The molecule has 16 heavy (non-hydrogen) atoms. The molecule has 1 aliphatic heterocycles. The molecule has 1 aromatic rings. The van der Waals surface area contributed by atoms with Crippen molar-refractivity contribution in [2.24, 2.45) is 0 Å². The quantitative estimate of drug-likeness (QED) is 0.550. The Morgan fingerprint density at radius 3 is 3.00 bits per heavy atom. The second-order valence-corrected chi connectivity index (χ2v) is 4.40. The predicted molar refractivity (Wildman–Crippen MR) is 61.1 cm³/mol. The molecule has 2 rings (SSSR count). The van der Waals surface area contributed by atoms with Crippen LogP contribution in [0.4, 0.5) is 0 Å². The molecule has 2 N–H and O–H groups in total. The Kier molecular flexibility index (Phi) is 2.74. The molecule has 1 aromatic carbocycles. The summed E-state index contributed by atoms with van der Waals surface area (Å²) in [7, 11) is -0.849. The zero-order chi connectivity index (χ0) is 11.8. The maximum Gasteiger partial charge on any atom is 0.492 e. The van der Waals surface area contributed by atoms with Crippen LogP contribution in [0.3, 0.4) is 0 Å². The summed E-state index contributed by atoms with van der Waals surface area (Å²) in [6.45, 7) is 4.32. The number of nitrogens with one attached hydrogen (secondary N) is 1. The first-order valence-electron chi connectivity index (χ1n) is 5.21. The van der Waals surface area contributed by atoms with Gasteiger partial charge in [-0.15, -0.1) is 0 Å². The molecule has 0 spiro atoms. The van der Waals surface area contributed by atoms with E-state index in [9.17, 15) is 9.82 Å². The van der Waals surface area contributed by atoms with Crippen molar-refractivity contribution in [3.63, 3.8) is 0 Å². The van der Waals surface area contributed by atoms with Gasteiger partial charge in [-0.2, -0.15) is 0 Å². The largest absolute Gasteiger partial charge is 0.492 e. The van der Waals surface area contributed by atoms with Gasteiger partial charge in [0, 0.05) is 6.54 Å². The van der Waals surface area contributed by atoms with Crippen molar-refractivity contribution in [3.05, 3.63) is 29.3 Å². The lowest BCUT2D eigenvalue weighted by molar-refractivity contribution is -0.109. The van der Waals surface area contributed by atoms with E-state index in [-0.39, 0.29) is 0 Å². The molecular formula is C11H14BNO3. The minimum atomic E-state index is -0.849. The fourth-order valence-corrected chi connectivity index (χ4v) is 2.02. The zero-order valence-electron chi connectivity index (χ0n) is 9.36. The van der Waals surface area contributed by atoms with Gasteiger partial charge >= 0.3 is 7.12 Å². The molecule has 0 saturated carbocycles. The Morgan fingerprint density at radius 1 is 1.56 bits per heavy atom. The predicted octanol–water partition coefficient (Wildman–Crippen LogP) is -0.115. The zero-order valence-corrected chi connectivity index (χ0v) is 9.36. The third-order valence-corrected chi connectivity index (χ3v) is 2.83. The van der Waals surface area contributed by atoms with Crippen LogP contribution < -0.4 is 10.8 Å². The lowest BCUT2D eigenvalue weighted by Gasteiger charge is -2.20. The lowest BCUT2D eigenvalue weighted by atomic mass is 9.78. The van der Waals surface area contributed by atoms with Crippen molar-refractivity contribution in [3.8, 4) is 0 Å². The second-order valence-electron chi connectivity index (χ2n) is 4.40. The third kappa shape index (κ3) is 1.84. The minimum absolute atomic E-state index is 0.480. The smallest absolute Gasteiger partial charge is 0.423 e. The van der Waals surface area contributed by atoms with Crippen LogP contribution in [0.1, 0.15) is 25.0 Å². The topological polar surface area (TPSA) is 58.6 Å². The van der Waals surface area contributed by atoms with Gasteiger partial charge in [0.1, 0.15) is 0 Å². The number of carbonyl (C=O) groups excluding carboxylic acids is 1. The molecule has 1 heterocycles. The molecule has 5 heteroatoms. The SMILES string of the molecule is CC1(C)OB(O)c2ccc(CNC=O)cc21. The lowest BCUT2D eigenvalue weighted by Crippen LogP contribution is -2.28. The number of carbonyl (C=O) groups is 1. The normalized spacial score (nSPS) is 17.1. The van der Waals surface area contributed by atoms with Crippen LogP contribution in [0.25, 0.3) is 0 Å². The van der Waals surface area contributed by atoms with Crippen LogP contribution in [0.5, 0.6) is 0 Å². The molecule has 0 bridgehead atoms. The van der Waals surface area contributed by atoms with Crippen LogP contribution in [0.15, 0.2) is 18.2 Å². The number of hydrogen-bond acceptors (Lipinski definition) is 3. The summed E-state index contributed by atoms with van der Waals surface area (Å²) in [6.07, 6.45) is 0.670. The van der Waals surface area contributed by atoms with E-state index in [1.54, 1.807) is 0 Å². The summed E-state index contributed by atoms with van der Waals surface area (Å²) in [6, 6.07) is 5.68. The number of rotatable bonds is 3. The van der Waals surface area contributed by atoms with Gasteiger partial charge in [-0.1, -0.05) is 18.2 Å². The van der Waals surface area contributed by atoms with Gasteiger partial charge in [0.15, 0.2) is 0 Å². The Hall–Kier alpha value is -1.33. The minimum Gasteiger partial charge on any atom is -0.423 e. The van der Waals surface area contributed by atoms with Crippen molar-refractivity contribution in [2.45, 2.75) is 26.0 Å². The molecule has 0 atom stereocenters. The number of fused-ring (bicyclic) bond motifs is 1. The molecule has 1 amide bonds. The highest BCUT2D eigenvalue weighted by Gasteiger charge is 2.40. The fraction of sp³-hybridized carbons (Fsp3) is 0.364. The molecule has 0 aromatic heterocycles. The van der Waals surface area contributed by atoms with Crippen molar-refractivity contribution >= 4 is 19.0 Å². The van der Waals surface area contributed by atoms with E-state index in [2.05, 4.69) is 5.32 Å². The van der Waals surface area contributed by atoms with E-state index < -0.39 is 12.7 Å². The maximum absolute atomic E-state index is 10.2. The highest BCUT2D eigenvalue weighted by atomic mass is 16.5. The van der Waals surface area contributed by atoms with Gasteiger partial charge in [-0.3, -0.25) is 4.79 Å². The van der Waals surface area contributed by atoms with Crippen molar-refractivity contribution in [1.82, 2.24) is 5.32 Å².